The van der Waals surface area contributed by atoms with Crippen LogP contribution in [0.2, 0.25) is 0 Å². The summed E-state index contributed by atoms with van der Waals surface area (Å²) in [5.74, 6) is 1.96. The summed E-state index contributed by atoms with van der Waals surface area (Å²) < 4.78 is 5.63. The van der Waals surface area contributed by atoms with Crippen LogP contribution in [-0.2, 0) is 0 Å². The van der Waals surface area contributed by atoms with Crippen LogP contribution in [0.3, 0.4) is 0 Å². The molecule has 1 fully saturated rings. The molecule has 0 unspecified atom stereocenters. The van der Waals surface area contributed by atoms with Crippen LogP contribution in [0.5, 0.6) is 0 Å². The first-order chi connectivity index (χ1) is 12.9. The maximum absolute atomic E-state index is 5.63. The molecule has 0 saturated carbocycles. The number of aromatic nitrogens is 5. The number of piperidine rings is 1. The van der Waals surface area contributed by atoms with E-state index in [1.807, 2.05) is 18.2 Å². The van der Waals surface area contributed by atoms with Gasteiger partial charge in [-0.05, 0) is 60.8 Å². The summed E-state index contributed by atoms with van der Waals surface area (Å²) in [5.41, 5.74) is 4.11. The Labute approximate surface area is 149 Å². The highest BCUT2D eigenvalue weighted by Crippen LogP contribution is 2.33. The first kappa shape index (κ1) is 15.2. The third kappa shape index (κ3) is 2.66. The van der Waals surface area contributed by atoms with Crippen molar-refractivity contribution in [2.75, 3.05) is 13.1 Å². The van der Waals surface area contributed by atoms with Crippen molar-refractivity contribution < 1.29 is 4.52 Å². The fourth-order valence-corrected chi connectivity index (χ4v) is 3.63. The first-order valence-corrected chi connectivity index (χ1v) is 8.83. The van der Waals surface area contributed by atoms with E-state index in [4.69, 9.17) is 4.52 Å². The summed E-state index contributed by atoms with van der Waals surface area (Å²) in [6, 6.07) is 14.5. The van der Waals surface area contributed by atoms with Crippen molar-refractivity contribution in [2.45, 2.75) is 18.8 Å². The van der Waals surface area contributed by atoms with Crippen molar-refractivity contribution in [3.8, 4) is 22.7 Å². The van der Waals surface area contributed by atoms with Gasteiger partial charge in [0.15, 0.2) is 5.76 Å². The molecular weight excluding hydrogens is 328 g/mol. The fourth-order valence-electron chi connectivity index (χ4n) is 3.63. The van der Waals surface area contributed by atoms with Crippen LogP contribution >= 0.6 is 0 Å². The number of rotatable bonds is 3. The lowest BCUT2D eigenvalue weighted by molar-refractivity contribution is 0.440. The van der Waals surface area contributed by atoms with Crippen LogP contribution in [0, 0.1) is 0 Å². The summed E-state index contributed by atoms with van der Waals surface area (Å²) in [6.45, 7) is 2.19. The van der Waals surface area contributed by atoms with Gasteiger partial charge >= 0.3 is 0 Å². The third-order valence-electron chi connectivity index (χ3n) is 5.06. The Kier molecular flexibility index (Phi) is 3.71. The number of H-pyrrole nitrogens is 1. The molecule has 2 N–H and O–H groups in total. The van der Waals surface area contributed by atoms with E-state index < -0.39 is 0 Å². The summed E-state index contributed by atoms with van der Waals surface area (Å²) >= 11 is 0. The number of benzene rings is 2. The Morgan fingerprint density at radius 3 is 2.54 bits per heavy atom. The Balaban J connectivity index is 1.51. The molecule has 0 spiro atoms. The molecule has 7 heteroatoms. The summed E-state index contributed by atoms with van der Waals surface area (Å²) in [6.07, 6.45) is 2.39. The quantitative estimate of drug-likeness (QED) is 0.592. The molecule has 0 amide bonds. The van der Waals surface area contributed by atoms with E-state index in [1.54, 1.807) is 0 Å². The minimum atomic E-state index is 0.556. The molecule has 0 radical (unpaired) electrons. The normalized spacial score (nSPS) is 15.5. The highest BCUT2D eigenvalue weighted by atomic mass is 16.5. The number of nitrogens with one attached hydrogen (secondary N) is 2. The third-order valence-corrected chi connectivity index (χ3v) is 5.06. The lowest BCUT2D eigenvalue weighted by atomic mass is 9.89. The molecule has 0 aliphatic carbocycles. The number of aromatic amines is 1. The molecule has 1 aliphatic heterocycles. The molecule has 3 heterocycles. The second-order valence-corrected chi connectivity index (χ2v) is 6.63. The zero-order valence-corrected chi connectivity index (χ0v) is 14.1. The fraction of sp³-hybridized carbons (Fsp3) is 0.263. The number of fused-ring (bicyclic) bond motifs is 1. The molecule has 2 aromatic heterocycles. The second kappa shape index (κ2) is 6.34. The molecule has 130 valence electrons. The molecular formula is C19H18N6O. The number of tetrazole rings is 1. The van der Waals surface area contributed by atoms with Gasteiger partial charge in [-0.25, -0.2) is 0 Å². The van der Waals surface area contributed by atoms with Crippen molar-refractivity contribution in [2.24, 2.45) is 0 Å². The molecule has 2 aromatic carbocycles. The van der Waals surface area contributed by atoms with Gasteiger partial charge in [0.05, 0.1) is 5.39 Å². The molecule has 5 rings (SSSR count). The van der Waals surface area contributed by atoms with E-state index in [0.717, 1.165) is 40.9 Å². The van der Waals surface area contributed by atoms with E-state index in [9.17, 15) is 0 Å². The Bertz CT molecular complexity index is 1020. The predicted molar refractivity (Wildman–Crippen MR) is 97.5 cm³/mol. The van der Waals surface area contributed by atoms with Gasteiger partial charge in [0, 0.05) is 11.1 Å². The van der Waals surface area contributed by atoms with E-state index in [-0.39, 0.29) is 0 Å². The van der Waals surface area contributed by atoms with Gasteiger partial charge in [0.25, 0.3) is 0 Å². The van der Waals surface area contributed by atoms with Gasteiger partial charge in [0.1, 0.15) is 5.52 Å². The topological polar surface area (TPSA) is 92.5 Å². The molecule has 1 aliphatic rings. The molecule has 0 atom stereocenters. The SMILES string of the molecule is c1cc2noc(-c3ccc(C4CCNCC4)cc3)c2cc1-c1nn[nH]n1. The van der Waals surface area contributed by atoms with Gasteiger partial charge in [-0.2, -0.15) is 5.21 Å². The highest BCUT2D eigenvalue weighted by molar-refractivity contribution is 5.94. The molecule has 26 heavy (non-hydrogen) atoms. The van der Waals surface area contributed by atoms with Crippen LogP contribution in [0.15, 0.2) is 47.0 Å². The van der Waals surface area contributed by atoms with Crippen LogP contribution in [0.4, 0.5) is 0 Å². The Morgan fingerprint density at radius 1 is 0.962 bits per heavy atom. The second-order valence-electron chi connectivity index (χ2n) is 6.63. The number of nitrogens with zero attached hydrogens (tertiary/aromatic N) is 4. The minimum Gasteiger partial charge on any atom is -0.355 e. The average Bonchev–Trinajstić information content (AvgIpc) is 3.38. The van der Waals surface area contributed by atoms with E-state index in [2.05, 4.69) is 55.4 Å². The van der Waals surface area contributed by atoms with Gasteiger partial charge in [-0.1, -0.05) is 29.4 Å². The van der Waals surface area contributed by atoms with Crippen molar-refractivity contribution in [1.82, 2.24) is 31.1 Å². The summed E-state index contributed by atoms with van der Waals surface area (Å²) in [5, 5.41) is 22.7. The van der Waals surface area contributed by atoms with Crippen LogP contribution < -0.4 is 5.32 Å². The largest absolute Gasteiger partial charge is 0.355 e. The van der Waals surface area contributed by atoms with Crippen LogP contribution in [0.1, 0.15) is 24.3 Å². The molecule has 1 saturated heterocycles. The minimum absolute atomic E-state index is 0.556. The lowest BCUT2D eigenvalue weighted by Crippen LogP contribution is -2.26. The monoisotopic (exact) mass is 346 g/mol. The van der Waals surface area contributed by atoms with Gasteiger partial charge in [-0.3, -0.25) is 0 Å². The molecule has 0 bridgehead atoms. The van der Waals surface area contributed by atoms with Gasteiger partial charge < -0.3 is 9.84 Å². The van der Waals surface area contributed by atoms with Crippen molar-refractivity contribution in [1.29, 1.82) is 0 Å². The smallest absolute Gasteiger partial charge is 0.204 e. The van der Waals surface area contributed by atoms with E-state index in [1.165, 1.54) is 18.4 Å². The first-order valence-electron chi connectivity index (χ1n) is 8.83. The Hall–Kier alpha value is -3.06. The summed E-state index contributed by atoms with van der Waals surface area (Å²) in [4.78, 5) is 0. The zero-order valence-electron chi connectivity index (χ0n) is 14.1. The van der Waals surface area contributed by atoms with Crippen LogP contribution in [0.25, 0.3) is 33.6 Å². The molecule has 4 aromatic rings. The molecule has 7 nitrogen and oxygen atoms in total. The highest BCUT2D eigenvalue weighted by Gasteiger charge is 2.17. The standard InChI is InChI=1S/C19H18N6O/c1-3-14(4-2-12(1)13-7-9-20-10-8-13)18-16-11-15(19-21-24-25-22-19)5-6-17(16)23-26-18/h1-6,11,13,20H,7-10H2,(H,21,22,24,25). The van der Waals surface area contributed by atoms with Crippen molar-refractivity contribution in [3.63, 3.8) is 0 Å². The van der Waals surface area contributed by atoms with Crippen molar-refractivity contribution in [3.05, 3.63) is 48.0 Å². The van der Waals surface area contributed by atoms with E-state index >= 15 is 0 Å². The average molecular weight is 346 g/mol. The Morgan fingerprint density at radius 2 is 1.77 bits per heavy atom. The zero-order chi connectivity index (χ0) is 17.3. The van der Waals surface area contributed by atoms with Crippen LogP contribution in [-0.4, -0.2) is 38.9 Å². The predicted octanol–water partition coefficient (Wildman–Crippen LogP) is 3.14. The van der Waals surface area contributed by atoms with Gasteiger partial charge in [0.2, 0.25) is 5.82 Å². The van der Waals surface area contributed by atoms with Crippen molar-refractivity contribution >= 4 is 10.9 Å². The number of hydrogen-bond acceptors (Lipinski definition) is 6. The van der Waals surface area contributed by atoms with Gasteiger partial charge in [-0.15, -0.1) is 10.2 Å². The summed E-state index contributed by atoms with van der Waals surface area (Å²) in [7, 11) is 0. The maximum Gasteiger partial charge on any atom is 0.204 e. The van der Waals surface area contributed by atoms with E-state index in [0.29, 0.717) is 11.7 Å². The number of hydrogen-bond donors (Lipinski definition) is 2. The lowest BCUT2D eigenvalue weighted by Gasteiger charge is -2.23. The maximum atomic E-state index is 5.63.